The van der Waals surface area contributed by atoms with Gasteiger partial charge in [-0.2, -0.15) is 0 Å². The van der Waals surface area contributed by atoms with Gasteiger partial charge in [-0.25, -0.2) is 0 Å². The molecule has 6 aromatic carbocycles. The summed E-state index contributed by atoms with van der Waals surface area (Å²) in [6.45, 7) is 0. The van der Waals surface area contributed by atoms with Gasteiger partial charge in [0.1, 0.15) is 0 Å². The molecule has 2 heteroatoms. The fraction of sp³-hybridized carbons (Fsp3) is 0.0667. The highest BCUT2D eigenvalue weighted by Crippen LogP contribution is 2.44. The van der Waals surface area contributed by atoms with Gasteiger partial charge in [-0.05, 0) is 77.4 Å². The van der Waals surface area contributed by atoms with Crippen LogP contribution in [0.25, 0.3) is 45.1 Å². The highest BCUT2D eigenvalue weighted by molar-refractivity contribution is 6.02. The minimum absolute atomic E-state index is 0.667. The third kappa shape index (κ3) is 4.68. The molecular weight excluding hydrogens is 569 g/mol. The first-order chi connectivity index (χ1) is 23.3. The van der Waals surface area contributed by atoms with Gasteiger partial charge in [0.05, 0.1) is 28.1 Å². The monoisotopic (exact) mass is 600 g/mol. The molecule has 0 saturated heterocycles. The van der Waals surface area contributed by atoms with Gasteiger partial charge >= 0.3 is 0 Å². The quantitative estimate of drug-likeness (QED) is 0.178. The van der Waals surface area contributed by atoms with E-state index in [2.05, 4.69) is 179 Å². The summed E-state index contributed by atoms with van der Waals surface area (Å²) in [5, 5.41) is 3.67. The van der Waals surface area contributed by atoms with Crippen LogP contribution in [-0.2, 0) is 6.42 Å². The lowest BCUT2D eigenvalue weighted by molar-refractivity contribution is 0.894. The Morgan fingerprint density at radius 2 is 1.30 bits per heavy atom. The van der Waals surface area contributed by atoms with Crippen LogP contribution in [0.15, 0.2) is 151 Å². The third-order valence-corrected chi connectivity index (χ3v) is 9.54. The summed E-state index contributed by atoms with van der Waals surface area (Å²) in [6.07, 6.45) is 7.41. The Labute approximate surface area is 275 Å². The maximum atomic E-state index is 3.59. The molecule has 0 radical (unpaired) electrons. The number of fused-ring (bicyclic) bond motifs is 5. The first-order valence-electron chi connectivity index (χ1n) is 16.4. The summed E-state index contributed by atoms with van der Waals surface area (Å²) in [6, 6.07) is 52.4. The summed E-state index contributed by atoms with van der Waals surface area (Å²) < 4.78 is 2.37. The van der Waals surface area contributed by atoms with Gasteiger partial charge in [0.2, 0.25) is 0 Å². The Morgan fingerprint density at radius 1 is 0.574 bits per heavy atom. The molecule has 2 aliphatic rings. The summed E-state index contributed by atoms with van der Waals surface area (Å²) in [4.78, 5) is 2.51. The zero-order valence-electron chi connectivity index (χ0n) is 26.0. The molecule has 0 aliphatic heterocycles. The van der Waals surface area contributed by atoms with E-state index in [9.17, 15) is 0 Å². The Kier molecular flexibility index (Phi) is 6.61. The molecule has 2 aliphatic carbocycles. The fourth-order valence-electron chi connectivity index (χ4n) is 7.38. The van der Waals surface area contributed by atoms with Crippen molar-refractivity contribution >= 4 is 50.8 Å². The summed E-state index contributed by atoms with van der Waals surface area (Å²) in [7, 11) is 0. The second-order valence-corrected chi connectivity index (χ2v) is 12.3. The minimum atomic E-state index is 0.667. The van der Waals surface area contributed by atoms with E-state index in [0.29, 0.717) is 6.42 Å². The molecule has 0 saturated carbocycles. The minimum Gasteiger partial charge on any atom is -0.313 e. The number of benzene rings is 6. The smallest absolute Gasteiger partial charge is 0.0628 e. The molecule has 0 bridgehead atoms. The van der Waals surface area contributed by atoms with Crippen molar-refractivity contribution in [2.75, 3.05) is 4.90 Å². The van der Waals surface area contributed by atoms with Gasteiger partial charge < -0.3 is 9.47 Å². The molecule has 0 atom stereocenters. The molecule has 0 spiro atoms. The van der Waals surface area contributed by atoms with Gasteiger partial charge in [0.25, 0.3) is 0 Å². The van der Waals surface area contributed by atoms with E-state index in [1.54, 1.807) is 0 Å². The number of allylic oxidation sites excluding steroid dienone is 2. The number of hydrogen-bond donors (Lipinski definition) is 0. The molecule has 222 valence electrons. The molecule has 9 rings (SSSR count). The van der Waals surface area contributed by atoms with Crippen LogP contribution < -0.4 is 4.90 Å². The van der Waals surface area contributed by atoms with Gasteiger partial charge in [0.15, 0.2) is 0 Å². The molecule has 47 heavy (non-hydrogen) atoms. The van der Waals surface area contributed by atoms with Crippen LogP contribution in [0, 0.1) is 11.8 Å². The van der Waals surface area contributed by atoms with E-state index < -0.39 is 0 Å². The SMILES string of the molecule is C1#Cc2c(n(-c3ccccc3)c3ccccc23)C=C(c2ccccc2N(C2=Cc3ccccc3CC2)c2cccc3ccccc23)C1. The van der Waals surface area contributed by atoms with Crippen molar-refractivity contribution in [1.82, 2.24) is 4.57 Å². The average molecular weight is 601 g/mol. The van der Waals surface area contributed by atoms with Gasteiger partial charge in [0, 0.05) is 34.1 Å². The number of nitrogens with zero attached hydrogens (tertiary/aromatic N) is 2. The molecule has 0 N–H and O–H groups in total. The van der Waals surface area contributed by atoms with Crippen molar-refractivity contribution < 1.29 is 0 Å². The highest BCUT2D eigenvalue weighted by Gasteiger charge is 2.25. The van der Waals surface area contributed by atoms with Crippen LogP contribution in [0.2, 0.25) is 0 Å². The van der Waals surface area contributed by atoms with Crippen molar-refractivity contribution in [2.45, 2.75) is 19.3 Å². The van der Waals surface area contributed by atoms with Gasteiger partial charge in [-0.15, -0.1) is 0 Å². The van der Waals surface area contributed by atoms with Crippen LogP contribution in [0.3, 0.4) is 0 Å². The van der Waals surface area contributed by atoms with E-state index in [1.165, 1.54) is 61.0 Å². The Hall–Kier alpha value is -6.04. The van der Waals surface area contributed by atoms with E-state index in [1.807, 2.05) is 0 Å². The Morgan fingerprint density at radius 3 is 2.23 bits per heavy atom. The zero-order chi connectivity index (χ0) is 31.2. The predicted molar refractivity (Wildman–Crippen MR) is 198 cm³/mol. The van der Waals surface area contributed by atoms with Crippen molar-refractivity contribution in [1.29, 1.82) is 0 Å². The zero-order valence-corrected chi connectivity index (χ0v) is 26.0. The van der Waals surface area contributed by atoms with Gasteiger partial charge in [-0.3, -0.25) is 0 Å². The molecule has 1 heterocycles. The number of para-hydroxylation sites is 3. The van der Waals surface area contributed by atoms with E-state index >= 15 is 0 Å². The molecule has 2 nitrogen and oxygen atoms in total. The van der Waals surface area contributed by atoms with Crippen molar-refractivity contribution in [3.63, 3.8) is 0 Å². The van der Waals surface area contributed by atoms with Crippen molar-refractivity contribution in [3.05, 3.63) is 179 Å². The maximum absolute atomic E-state index is 3.59. The van der Waals surface area contributed by atoms with E-state index in [4.69, 9.17) is 0 Å². The summed E-state index contributed by atoms with van der Waals surface area (Å²) in [5.41, 5.74) is 13.3. The number of anilines is 2. The lowest BCUT2D eigenvalue weighted by Gasteiger charge is -2.33. The van der Waals surface area contributed by atoms with Crippen LogP contribution in [0.4, 0.5) is 11.4 Å². The Bertz CT molecular complexity index is 2440. The van der Waals surface area contributed by atoms with Crippen molar-refractivity contribution in [2.24, 2.45) is 0 Å². The largest absolute Gasteiger partial charge is 0.313 e. The van der Waals surface area contributed by atoms with Gasteiger partial charge in [-0.1, -0.05) is 127 Å². The molecule has 1 aromatic heterocycles. The van der Waals surface area contributed by atoms with Crippen LogP contribution in [0.1, 0.15) is 40.8 Å². The van der Waals surface area contributed by atoms with Crippen LogP contribution in [-0.4, -0.2) is 4.57 Å². The topological polar surface area (TPSA) is 8.17 Å². The van der Waals surface area contributed by atoms with Crippen molar-refractivity contribution in [3.8, 4) is 17.5 Å². The normalized spacial score (nSPS) is 13.5. The Balaban J connectivity index is 1.29. The first kappa shape index (κ1) is 27.3. The predicted octanol–water partition coefficient (Wildman–Crippen LogP) is 11.2. The highest BCUT2D eigenvalue weighted by atomic mass is 15.2. The lowest BCUT2D eigenvalue weighted by Crippen LogP contribution is -2.20. The molecule has 0 amide bonds. The molecule has 7 aromatic rings. The average Bonchev–Trinajstić information content (AvgIpc) is 3.28. The number of aromatic nitrogens is 1. The molecule has 0 unspecified atom stereocenters. The number of hydrogen-bond acceptors (Lipinski definition) is 1. The van der Waals surface area contributed by atoms with Crippen LogP contribution >= 0.6 is 0 Å². The number of aryl methyl sites for hydroxylation is 1. The maximum Gasteiger partial charge on any atom is 0.0628 e. The second kappa shape index (κ2) is 11.4. The second-order valence-electron chi connectivity index (χ2n) is 12.3. The summed E-state index contributed by atoms with van der Waals surface area (Å²) in [5.74, 6) is 7.16. The first-order valence-corrected chi connectivity index (χ1v) is 16.4. The standard InChI is InChI=1S/C45H32N2/c1-2-19-36(20-3-1)46-44-26-11-9-23-40(44)41-24-12-18-35(31-45(41)46)39-22-8-10-25-42(39)47(37-29-28-32-14-4-5-16-34(32)30-37)43-27-13-17-33-15-6-7-21-38(33)43/h1-11,13-17,19-23,25-27,30-31H,18,28-29H2. The summed E-state index contributed by atoms with van der Waals surface area (Å²) >= 11 is 0. The number of rotatable bonds is 5. The van der Waals surface area contributed by atoms with Crippen LogP contribution in [0.5, 0.6) is 0 Å². The molecular formula is C45H32N2. The third-order valence-electron chi connectivity index (χ3n) is 9.54. The lowest BCUT2D eigenvalue weighted by atomic mass is 9.92. The fourth-order valence-corrected chi connectivity index (χ4v) is 7.38. The van der Waals surface area contributed by atoms with E-state index in [-0.39, 0.29) is 0 Å². The molecule has 0 fully saturated rings. The van der Waals surface area contributed by atoms with E-state index in [0.717, 1.165) is 29.8 Å².